The first-order valence-electron chi connectivity index (χ1n) is 10.7. The molecule has 0 spiro atoms. The summed E-state index contributed by atoms with van der Waals surface area (Å²) in [6.45, 7) is 0. The maximum Gasteiger partial charge on any atom is 0.433 e. The Bertz CT molecular complexity index is 1420. The van der Waals surface area contributed by atoms with E-state index in [1.807, 2.05) is 6.20 Å². The first-order chi connectivity index (χ1) is 16.7. The molecule has 3 heterocycles. The van der Waals surface area contributed by atoms with Crippen LogP contribution in [0, 0.1) is 5.82 Å². The van der Waals surface area contributed by atoms with E-state index >= 15 is 0 Å². The third kappa shape index (κ3) is 5.00. The largest absolute Gasteiger partial charge is 0.481 e. The highest BCUT2D eigenvalue weighted by atomic mass is 32.2. The summed E-state index contributed by atoms with van der Waals surface area (Å²) >= 11 is 1.30. The van der Waals surface area contributed by atoms with Gasteiger partial charge in [-0.05, 0) is 36.1 Å². The van der Waals surface area contributed by atoms with Gasteiger partial charge in [-0.15, -0.1) is 0 Å². The summed E-state index contributed by atoms with van der Waals surface area (Å²) in [4.78, 5) is 23.6. The predicted molar refractivity (Wildman–Crippen MR) is 121 cm³/mol. The second-order valence-electron chi connectivity index (χ2n) is 8.28. The molecule has 0 unspecified atom stereocenters. The van der Waals surface area contributed by atoms with Crippen LogP contribution >= 0.6 is 11.8 Å². The van der Waals surface area contributed by atoms with Crippen LogP contribution in [0.15, 0.2) is 54.1 Å². The molecular formula is C24H18F4N4O2S. The maximum absolute atomic E-state index is 13.9. The molecule has 180 valence electrons. The molecule has 1 aliphatic rings. The van der Waals surface area contributed by atoms with Gasteiger partial charge < -0.3 is 9.67 Å². The van der Waals surface area contributed by atoms with Gasteiger partial charge in [-0.2, -0.15) is 13.2 Å². The van der Waals surface area contributed by atoms with Crippen molar-refractivity contribution < 1.29 is 27.5 Å². The van der Waals surface area contributed by atoms with E-state index in [1.54, 1.807) is 12.3 Å². The van der Waals surface area contributed by atoms with Crippen molar-refractivity contribution in [2.24, 2.45) is 0 Å². The lowest BCUT2D eigenvalue weighted by Crippen LogP contribution is -2.07. The van der Waals surface area contributed by atoms with Gasteiger partial charge >= 0.3 is 12.1 Å². The number of halogens is 4. The van der Waals surface area contributed by atoms with E-state index in [0.29, 0.717) is 33.6 Å². The molecule has 0 bridgehead atoms. The smallest absolute Gasteiger partial charge is 0.433 e. The van der Waals surface area contributed by atoms with Gasteiger partial charge in [0.2, 0.25) is 0 Å². The monoisotopic (exact) mass is 502 g/mol. The fraction of sp³-hybridized carbons (Fsp3) is 0.250. The van der Waals surface area contributed by atoms with E-state index in [0.717, 1.165) is 30.0 Å². The molecular weight excluding hydrogens is 484 g/mol. The van der Waals surface area contributed by atoms with Crippen LogP contribution in [0.25, 0.3) is 22.2 Å². The van der Waals surface area contributed by atoms with E-state index in [9.17, 15) is 22.4 Å². The summed E-state index contributed by atoms with van der Waals surface area (Å²) in [6, 6.07) is 6.98. The first kappa shape index (κ1) is 23.3. The third-order valence-electron chi connectivity index (χ3n) is 5.67. The lowest BCUT2D eigenvalue weighted by molar-refractivity contribution is -0.141. The van der Waals surface area contributed by atoms with Gasteiger partial charge in [0, 0.05) is 35.3 Å². The van der Waals surface area contributed by atoms with Gasteiger partial charge in [-0.1, -0.05) is 30.0 Å². The number of thioether (sulfide) groups is 1. The number of benzene rings is 1. The summed E-state index contributed by atoms with van der Waals surface area (Å²) in [5, 5.41) is 9.40. The number of rotatable bonds is 7. The van der Waals surface area contributed by atoms with Crippen molar-refractivity contribution in [1.82, 2.24) is 19.5 Å². The van der Waals surface area contributed by atoms with Crippen molar-refractivity contribution >= 4 is 28.8 Å². The van der Waals surface area contributed by atoms with Crippen molar-refractivity contribution in [3.63, 3.8) is 0 Å². The maximum atomic E-state index is 13.9. The van der Waals surface area contributed by atoms with Crippen LogP contribution in [0.1, 0.15) is 35.7 Å². The molecule has 1 aromatic carbocycles. The van der Waals surface area contributed by atoms with Crippen LogP contribution in [-0.4, -0.2) is 30.6 Å². The summed E-state index contributed by atoms with van der Waals surface area (Å²) in [5.41, 5.74) is 2.46. The highest BCUT2D eigenvalue weighted by Crippen LogP contribution is 2.41. The molecule has 0 aliphatic heterocycles. The molecule has 1 N–H and O–H groups in total. The molecule has 0 saturated heterocycles. The van der Waals surface area contributed by atoms with Gasteiger partial charge in [0.05, 0.1) is 18.1 Å². The highest BCUT2D eigenvalue weighted by Gasteiger charge is 2.32. The molecule has 6 nitrogen and oxygen atoms in total. The third-order valence-corrected chi connectivity index (χ3v) is 6.61. The molecule has 1 saturated carbocycles. The Morgan fingerprint density at radius 1 is 1.14 bits per heavy atom. The average molecular weight is 502 g/mol. The van der Waals surface area contributed by atoms with Crippen LogP contribution in [0.2, 0.25) is 0 Å². The minimum Gasteiger partial charge on any atom is -0.481 e. The molecule has 3 aromatic heterocycles. The topological polar surface area (TPSA) is 80.9 Å². The number of alkyl halides is 3. The van der Waals surface area contributed by atoms with Crippen LogP contribution in [0.4, 0.5) is 17.6 Å². The summed E-state index contributed by atoms with van der Waals surface area (Å²) in [6.07, 6.45) is 1.87. The minimum absolute atomic E-state index is 0.102. The van der Waals surface area contributed by atoms with Crippen molar-refractivity contribution in [3.05, 3.63) is 71.6 Å². The average Bonchev–Trinajstić information content (AvgIpc) is 3.59. The number of fused-ring (bicyclic) bond motifs is 1. The number of hydrogen-bond donors (Lipinski definition) is 1. The number of aliphatic carboxylic acids is 1. The van der Waals surface area contributed by atoms with E-state index in [-0.39, 0.29) is 5.56 Å². The molecule has 0 amide bonds. The molecule has 1 aliphatic carbocycles. The SMILES string of the molecule is O=C(O)Cc1cc(CSc2ncc3c(n2)c(-c2ccc(C(F)(F)F)nc2)cn3C2CC2)ccc1F. The zero-order valence-corrected chi connectivity index (χ0v) is 18.9. The molecule has 0 atom stereocenters. The fourth-order valence-corrected chi connectivity index (χ4v) is 4.60. The van der Waals surface area contributed by atoms with Crippen LogP contribution in [0.5, 0.6) is 0 Å². The quantitative estimate of drug-likeness (QED) is 0.192. The molecule has 35 heavy (non-hydrogen) atoms. The van der Waals surface area contributed by atoms with Crippen molar-refractivity contribution in [2.75, 3.05) is 0 Å². The Labute approximate surface area is 201 Å². The Morgan fingerprint density at radius 3 is 2.60 bits per heavy atom. The highest BCUT2D eigenvalue weighted by molar-refractivity contribution is 7.98. The number of hydrogen-bond acceptors (Lipinski definition) is 5. The molecule has 4 aromatic rings. The van der Waals surface area contributed by atoms with Crippen molar-refractivity contribution in [1.29, 1.82) is 0 Å². The number of carboxylic acid groups (broad SMARTS) is 1. The molecule has 0 radical (unpaired) electrons. The fourth-order valence-electron chi connectivity index (χ4n) is 3.84. The van der Waals surface area contributed by atoms with Gasteiger partial charge in [0.1, 0.15) is 17.0 Å². The number of aromatic nitrogens is 4. The zero-order valence-electron chi connectivity index (χ0n) is 18.1. The lowest BCUT2D eigenvalue weighted by atomic mass is 10.1. The zero-order chi connectivity index (χ0) is 24.7. The van der Waals surface area contributed by atoms with Crippen molar-refractivity contribution in [3.8, 4) is 11.1 Å². The Hall–Kier alpha value is -3.47. The van der Waals surface area contributed by atoms with Gasteiger partial charge in [-0.3, -0.25) is 9.78 Å². The van der Waals surface area contributed by atoms with Gasteiger partial charge in [0.15, 0.2) is 5.16 Å². The van der Waals surface area contributed by atoms with Crippen LogP contribution < -0.4 is 0 Å². The molecule has 5 rings (SSSR count). The van der Waals surface area contributed by atoms with E-state index in [4.69, 9.17) is 5.11 Å². The Balaban J connectivity index is 1.45. The Morgan fingerprint density at radius 2 is 1.94 bits per heavy atom. The van der Waals surface area contributed by atoms with E-state index in [1.165, 1.54) is 36.2 Å². The summed E-state index contributed by atoms with van der Waals surface area (Å²) in [7, 11) is 0. The summed E-state index contributed by atoms with van der Waals surface area (Å²) < 4.78 is 54.7. The molecule has 11 heteroatoms. The van der Waals surface area contributed by atoms with E-state index < -0.39 is 30.1 Å². The number of nitrogens with zero attached hydrogens (tertiary/aromatic N) is 4. The number of carboxylic acids is 1. The number of pyridine rings is 1. The minimum atomic E-state index is -4.52. The standard InChI is InChI=1S/C24H18F4N4O2S/c25-18-5-1-13(7-15(18)8-21(33)34)12-35-23-30-10-19-22(31-23)17(11-32(19)16-3-4-16)14-2-6-20(29-9-14)24(26,27)28/h1-2,5-7,9-11,16H,3-4,8,12H2,(H,33,34). The number of carbonyl (C=O) groups is 1. The normalized spacial score (nSPS) is 13.9. The first-order valence-corrected chi connectivity index (χ1v) is 11.7. The van der Waals surface area contributed by atoms with Gasteiger partial charge in [-0.25, -0.2) is 14.4 Å². The predicted octanol–water partition coefficient (Wildman–Crippen LogP) is 5.91. The van der Waals surface area contributed by atoms with Crippen LogP contribution in [0.3, 0.4) is 0 Å². The lowest BCUT2D eigenvalue weighted by Gasteiger charge is -2.07. The van der Waals surface area contributed by atoms with E-state index in [2.05, 4.69) is 19.5 Å². The van der Waals surface area contributed by atoms with Crippen molar-refractivity contribution in [2.45, 2.75) is 42.4 Å². The van der Waals surface area contributed by atoms with Crippen LogP contribution in [-0.2, 0) is 23.1 Å². The van der Waals surface area contributed by atoms with Gasteiger partial charge in [0.25, 0.3) is 0 Å². The second kappa shape index (κ2) is 8.95. The summed E-state index contributed by atoms with van der Waals surface area (Å²) in [5.74, 6) is -1.30. The second-order valence-corrected chi connectivity index (χ2v) is 9.22. The Kier molecular flexibility index (Phi) is 5.96. The molecule has 1 fully saturated rings.